The second kappa shape index (κ2) is 11.4. The number of aromatic nitrogens is 1. The molecule has 1 aromatic heterocycles. The molecule has 3 amide bonds. The quantitative estimate of drug-likeness (QED) is 0.329. The number of rotatable bonds is 9. The maximum absolute atomic E-state index is 13.6. The monoisotopic (exact) mass is 589 g/mol. The van der Waals surface area contributed by atoms with E-state index in [4.69, 9.17) is 23.2 Å². The molecule has 1 aromatic carbocycles. The molecule has 38 heavy (non-hydrogen) atoms. The maximum atomic E-state index is 13.6. The average molecular weight is 591 g/mol. The maximum Gasteiger partial charge on any atom is 0.303 e. The normalized spacial score (nSPS) is 18.8. The Morgan fingerprint density at radius 2 is 1.89 bits per heavy atom. The number of carbonyl (C=O) groups is 3. The molecule has 0 spiro atoms. The Morgan fingerprint density at radius 1 is 1.21 bits per heavy atom. The number of hydrogen-bond donors (Lipinski definition) is 4. The van der Waals surface area contributed by atoms with E-state index in [1.165, 1.54) is 20.8 Å². The summed E-state index contributed by atoms with van der Waals surface area (Å²) in [7, 11) is -2.59. The van der Waals surface area contributed by atoms with Gasteiger partial charge in [-0.2, -0.15) is 12.7 Å². The van der Waals surface area contributed by atoms with Crippen LogP contribution in [0.5, 0.6) is 0 Å². The van der Waals surface area contributed by atoms with Gasteiger partial charge < -0.3 is 20.3 Å². The van der Waals surface area contributed by atoms with E-state index in [-0.39, 0.29) is 19.0 Å². The fraction of sp³-hybridized carbons (Fsp3) is 0.542. The second-order valence-electron chi connectivity index (χ2n) is 10.1. The van der Waals surface area contributed by atoms with Crippen molar-refractivity contribution in [2.45, 2.75) is 57.6 Å². The van der Waals surface area contributed by atoms with Gasteiger partial charge in [0.1, 0.15) is 11.3 Å². The number of nitrogens with one attached hydrogen (secondary N) is 3. The molecule has 0 radical (unpaired) electrons. The van der Waals surface area contributed by atoms with Gasteiger partial charge in [-0.25, -0.2) is 4.72 Å². The molecule has 0 bridgehead atoms. The van der Waals surface area contributed by atoms with Crippen LogP contribution in [0.1, 0.15) is 56.9 Å². The van der Waals surface area contributed by atoms with Crippen LogP contribution in [0.15, 0.2) is 18.2 Å². The minimum Gasteiger partial charge on any atom is -0.381 e. The zero-order valence-electron chi connectivity index (χ0n) is 21.7. The number of halogens is 2. The fourth-order valence-corrected chi connectivity index (χ4v) is 6.31. The van der Waals surface area contributed by atoms with Gasteiger partial charge in [0.15, 0.2) is 0 Å². The number of aryl methyl sites for hydroxylation is 1. The molecule has 1 aliphatic rings. The molecule has 2 aromatic rings. The molecule has 210 valence electrons. The Balaban J connectivity index is 1.90. The molecule has 0 aliphatic carbocycles. The second-order valence-corrected chi connectivity index (χ2v) is 12.6. The molecule has 1 unspecified atom stereocenters. The highest BCUT2D eigenvalue weighted by Crippen LogP contribution is 2.33. The molecule has 1 fully saturated rings. The van der Waals surface area contributed by atoms with Crippen molar-refractivity contribution in [2.24, 2.45) is 7.05 Å². The van der Waals surface area contributed by atoms with Crippen molar-refractivity contribution >= 4 is 62.0 Å². The van der Waals surface area contributed by atoms with Gasteiger partial charge in [-0.15, -0.1) is 0 Å². The van der Waals surface area contributed by atoms with E-state index < -0.39 is 33.2 Å². The molecular weight excluding hydrogens is 557 g/mol. The van der Waals surface area contributed by atoms with Gasteiger partial charge in [-0.05, 0) is 57.7 Å². The van der Waals surface area contributed by atoms with Gasteiger partial charge in [0.2, 0.25) is 5.91 Å². The van der Waals surface area contributed by atoms with E-state index in [9.17, 15) is 27.9 Å². The minimum absolute atomic E-state index is 0.107. The number of amides is 3. The average Bonchev–Trinajstić information content (AvgIpc) is 3.15. The van der Waals surface area contributed by atoms with Crippen LogP contribution in [0.25, 0.3) is 10.9 Å². The first-order chi connectivity index (χ1) is 17.6. The highest BCUT2D eigenvalue weighted by Gasteiger charge is 2.42. The molecule has 2 heterocycles. The lowest BCUT2D eigenvalue weighted by molar-refractivity contribution is -0.134. The zero-order valence-corrected chi connectivity index (χ0v) is 24.1. The van der Waals surface area contributed by atoms with Crippen LogP contribution in [0.4, 0.5) is 0 Å². The molecule has 11 nitrogen and oxygen atoms in total. The standard InChI is InChI=1S/C24H33Cl2N5O6S/c1-15(32)27-11-5-9-24(10-6-12-31(14-24)38(36,37)29-22(34)23(2,3)35)28-21(33)19-13-16-18(30(19)4)8-7-17(25)20(16)26/h7-8,13,35H,5-6,9-12,14H2,1-4H3,(H,27,32)(H,28,33)(H,29,34). The third-order valence-electron chi connectivity index (χ3n) is 6.59. The van der Waals surface area contributed by atoms with Crippen molar-refractivity contribution in [1.82, 2.24) is 24.2 Å². The summed E-state index contributed by atoms with van der Waals surface area (Å²) >= 11 is 12.5. The van der Waals surface area contributed by atoms with E-state index in [0.29, 0.717) is 58.9 Å². The van der Waals surface area contributed by atoms with Crippen LogP contribution >= 0.6 is 23.2 Å². The van der Waals surface area contributed by atoms with Gasteiger partial charge in [0, 0.05) is 44.5 Å². The van der Waals surface area contributed by atoms with Gasteiger partial charge in [-0.1, -0.05) is 23.2 Å². The number of carbonyl (C=O) groups excluding carboxylic acids is 3. The fourth-order valence-electron chi connectivity index (χ4n) is 4.53. The van der Waals surface area contributed by atoms with E-state index in [2.05, 4.69) is 10.6 Å². The van der Waals surface area contributed by atoms with Crippen LogP contribution in [0, 0.1) is 0 Å². The Bertz CT molecular complexity index is 1350. The summed E-state index contributed by atoms with van der Waals surface area (Å²) in [6, 6.07) is 5.03. The Hall–Kier alpha value is -2.38. The van der Waals surface area contributed by atoms with Crippen molar-refractivity contribution in [2.75, 3.05) is 19.6 Å². The first kappa shape index (κ1) is 30.2. The number of hydrogen-bond acceptors (Lipinski definition) is 6. The number of benzene rings is 1. The number of fused-ring (bicyclic) bond motifs is 1. The molecule has 1 aliphatic heterocycles. The summed E-state index contributed by atoms with van der Waals surface area (Å²) in [6.45, 7) is 4.13. The zero-order chi connectivity index (χ0) is 28.5. The predicted molar refractivity (Wildman–Crippen MR) is 145 cm³/mol. The number of piperidine rings is 1. The summed E-state index contributed by atoms with van der Waals surface area (Å²) in [4.78, 5) is 37.1. The van der Waals surface area contributed by atoms with Crippen molar-refractivity contribution in [3.05, 3.63) is 33.9 Å². The Labute approximate surface area is 232 Å². The van der Waals surface area contributed by atoms with Gasteiger partial charge in [0.05, 0.1) is 15.6 Å². The van der Waals surface area contributed by atoms with Crippen LogP contribution < -0.4 is 15.4 Å². The molecule has 1 saturated heterocycles. The summed E-state index contributed by atoms with van der Waals surface area (Å²) in [5.74, 6) is -1.69. The third-order valence-corrected chi connectivity index (χ3v) is 8.84. The lowest BCUT2D eigenvalue weighted by Gasteiger charge is -2.43. The highest BCUT2D eigenvalue weighted by molar-refractivity contribution is 7.87. The van der Waals surface area contributed by atoms with Gasteiger partial charge in [0.25, 0.3) is 11.8 Å². The van der Waals surface area contributed by atoms with Crippen LogP contribution in [-0.2, 0) is 26.8 Å². The van der Waals surface area contributed by atoms with Crippen LogP contribution in [0.3, 0.4) is 0 Å². The lowest BCUT2D eigenvalue weighted by atomic mass is 9.85. The summed E-state index contributed by atoms with van der Waals surface area (Å²) in [6.07, 6.45) is 1.72. The molecule has 0 saturated carbocycles. The largest absolute Gasteiger partial charge is 0.381 e. The first-order valence-electron chi connectivity index (χ1n) is 12.1. The van der Waals surface area contributed by atoms with Crippen LogP contribution in [-0.4, -0.2) is 70.9 Å². The first-order valence-corrected chi connectivity index (χ1v) is 14.3. The minimum atomic E-state index is -4.30. The van der Waals surface area contributed by atoms with Gasteiger partial charge in [-0.3, -0.25) is 14.4 Å². The number of nitrogens with zero attached hydrogens (tertiary/aromatic N) is 2. The highest BCUT2D eigenvalue weighted by atomic mass is 35.5. The molecular formula is C24H33Cl2N5O6S. The van der Waals surface area contributed by atoms with Crippen molar-refractivity contribution < 1.29 is 27.9 Å². The third kappa shape index (κ3) is 6.78. The van der Waals surface area contributed by atoms with Crippen LogP contribution in [0.2, 0.25) is 10.0 Å². The lowest BCUT2D eigenvalue weighted by Crippen LogP contribution is -2.62. The molecule has 4 N–H and O–H groups in total. The van der Waals surface area contributed by atoms with Gasteiger partial charge >= 0.3 is 10.2 Å². The Kier molecular flexibility index (Phi) is 9.04. The van der Waals surface area contributed by atoms with Crippen molar-refractivity contribution in [1.29, 1.82) is 0 Å². The molecule has 1 atom stereocenters. The van der Waals surface area contributed by atoms with E-state index >= 15 is 0 Å². The smallest absolute Gasteiger partial charge is 0.303 e. The predicted octanol–water partition coefficient (Wildman–Crippen LogP) is 2.10. The topological polar surface area (TPSA) is 150 Å². The molecule has 3 rings (SSSR count). The molecule has 14 heteroatoms. The van der Waals surface area contributed by atoms with E-state index in [1.54, 1.807) is 29.8 Å². The SMILES string of the molecule is CC(=O)NCCCC1(NC(=O)c2cc3c(Cl)c(Cl)ccc3n2C)CCCN(S(=O)(=O)NC(=O)C(C)(C)O)C1. The van der Waals surface area contributed by atoms with Crippen molar-refractivity contribution in [3.8, 4) is 0 Å². The summed E-state index contributed by atoms with van der Waals surface area (Å²) in [5.41, 5.74) is -1.88. The summed E-state index contributed by atoms with van der Waals surface area (Å²) in [5, 5.41) is 16.9. The summed E-state index contributed by atoms with van der Waals surface area (Å²) < 4.78 is 30.7. The Morgan fingerprint density at radius 3 is 2.53 bits per heavy atom. The van der Waals surface area contributed by atoms with E-state index in [0.717, 1.165) is 4.31 Å². The van der Waals surface area contributed by atoms with E-state index in [1.807, 2.05) is 4.72 Å². The number of aliphatic hydroxyl groups is 1. The van der Waals surface area contributed by atoms with Crippen molar-refractivity contribution in [3.63, 3.8) is 0 Å².